The van der Waals surface area contributed by atoms with Crippen molar-refractivity contribution < 1.29 is 13.3 Å². The fraction of sp³-hybridized carbons (Fsp3) is 1.00. The number of rotatable bonds is 9. The topological polar surface area (TPSA) is 27.7 Å². The third-order valence-corrected chi connectivity index (χ3v) is 9.51. The van der Waals surface area contributed by atoms with Gasteiger partial charge in [0.25, 0.3) is 0 Å². The second-order valence-corrected chi connectivity index (χ2v) is 9.83. The van der Waals surface area contributed by atoms with Crippen LogP contribution in [0.2, 0.25) is 0 Å². The number of hydrogen-bond donors (Lipinski definition) is 0. The zero-order valence-corrected chi connectivity index (χ0v) is 14.3. The number of thioether (sulfide) groups is 1. The molecule has 0 N–H and O–H groups in total. The van der Waals surface area contributed by atoms with Gasteiger partial charge in [-0.25, -0.2) is 0 Å². The molecule has 3 atom stereocenters. The van der Waals surface area contributed by atoms with Crippen LogP contribution in [-0.2, 0) is 13.3 Å². The van der Waals surface area contributed by atoms with Gasteiger partial charge in [-0.2, -0.15) is 11.8 Å². The average Bonchev–Trinajstić information content (AvgIpc) is 2.99. The van der Waals surface area contributed by atoms with E-state index in [1.165, 1.54) is 25.7 Å². The van der Waals surface area contributed by atoms with Crippen LogP contribution in [0.3, 0.4) is 0 Å². The lowest BCUT2D eigenvalue weighted by Crippen LogP contribution is -2.49. The molecule has 3 unspecified atom stereocenters. The minimum Gasteiger partial charge on any atom is -0.373 e. The van der Waals surface area contributed by atoms with Crippen LogP contribution in [0.15, 0.2) is 0 Å². The molecule has 0 saturated heterocycles. The summed E-state index contributed by atoms with van der Waals surface area (Å²) in [6.07, 6.45) is 5.77. The zero-order valence-electron chi connectivity index (χ0n) is 12.5. The Morgan fingerprint density at radius 1 is 0.947 bits per heavy atom. The fourth-order valence-electron chi connectivity index (χ4n) is 3.51. The molecule has 112 valence electrons. The molecule has 0 aromatic rings. The molecule has 0 aromatic carbocycles. The van der Waals surface area contributed by atoms with Gasteiger partial charge in [0.15, 0.2) is 0 Å². The highest BCUT2D eigenvalue weighted by Gasteiger charge is 2.45. The summed E-state index contributed by atoms with van der Waals surface area (Å²) in [6.45, 7) is 8.14. The minimum absolute atomic E-state index is 0.684. The van der Waals surface area contributed by atoms with E-state index in [1.807, 2.05) is 20.8 Å². The summed E-state index contributed by atoms with van der Waals surface area (Å²) in [7, 11) is -2.43. The smallest absolute Gasteiger partial charge is 0.373 e. The molecule has 0 aliphatic heterocycles. The van der Waals surface area contributed by atoms with Crippen LogP contribution in [0.25, 0.3) is 0 Å². The van der Waals surface area contributed by atoms with E-state index < -0.39 is 8.80 Å². The van der Waals surface area contributed by atoms with Gasteiger partial charge in [0, 0.05) is 25.1 Å². The lowest BCUT2D eigenvalue weighted by Gasteiger charge is -2.30. The molecule has 2 bridgehead atoms. The SMILES string of the molecule is CCO[Si](CSC1CC2CCC1C2)(OCC)OCC. The monoisotopic (exact) mass is 304 g/mol. The Labute approximate surface area is 123 Å². The van der Waals surface area contributed by atoms with E-state index in [0.29, 0.717) is 19.8 Å². The molecule has 2 rings (SSSR count). The molecule has 0 heterocycles. The third kappa shape index (κ3) is 3.97. The summed E-state index contributed by atoms with van der Waals surface area (Å²) in [5, 5.41) is 1.75. The normalized spacial score (nSPS) is 30.2. The van der Waals surface area contributed by atoms with Crippen LogP contribution in [0.5, 0.6) is 0 Å². The molecule has 0 radical (unpaired) electrons. The highest BCUT2D eigenvalue weighted by molar-refractivity contribution is 8.01. The van der Waals surface area contributed by atoms with E-state index in [0.717, 1.165) is 22.5 Å². The van der Waals surface area contributed by atoms with Crippen LogP contribution < -0.4 is 0 Å². The van der Waals surface area contributed by atoms with E-state index in [9.17, 15) is 0 Å². The van der Waals surface area contributed by atoms with Crippen LogP contribution in [0.1, 0.15) is 46.5 Å². The standard InChI is InChI=1S/C14H28O3SSi/c1-4-15-19(16-5-2,17-6-3)11-18-14-10-12-7-8-13(14)9-12/h12-14H,4-11H2,1-3H3. The van der Waals surface area contributed by atoms with Crippen molar-refractivity contribution in [1.29, 1.82) is 0 Å². The minimum atomic E-state index is -2.43. The first kappa shape index (κ1) is 15.8. The first-order valence-corrected chi connectivity index (χ1v) is 10.7. The Morgan fingerprint density at radius 3 is 2.00 bits per heavy atom. The second kappa shape index (κ2) is 7.45. The van der Waals surface area contributed by atoms with Gasteiger partial charge in [0.05, 0.1) is 5.38 Å². The summed E-state index contributed by atoms with van der Waals surface area (Å²) in [6, 6.07) is 0. The van der Waals surface area contributed by atoms with E-state index in [1.54, 1.807) is 0 Å². The van der Waals surface area contributed by atoms with Crippen molar-refractivity contribution in [2.75, 3.05) is 25.2 Å². The van der Waals surface area contributed by atoms with Crippen LogP contribution in [0.4, 0.5) is 0 Å². The van der Waals surface area contributed by atoms with E-state index >= 15 is 0 Å². The maximum absolute atomic E-state index is 5.92. The summed E-state index contributed by atoms with van der Waals surface area (Å²) < 4.78 is 17.8. The lowest BCUT2D eigenvalue weighted by atomic mass is 10.0. The van der Waals surface area contributed by atoms with Crippen molar-refractivity contribution in [1.82, 2.24) is 0 Å². The van der Waals surface area contributed by atoms with Crippen LogP contribution in [0, 0.1) is 11.8 Å². The van der Waals surface area contributed by atoms with Gasteiger partial charge in [0.2, 0.25) is 0 Å². The van der Waals surface area contributed by atoms with Crippen molar-refractivity contribution in [2.24, 2.45) is 11.8 Å². The molecule has 0 amide bonds. The van der Waals surface area contributed by atoms with Gasteiger partial charge >= 0.3 is 8.80 Å². The van der Waals surface area contributed by atoms with E-state index in [-0.39, 0.29) is 0 Å². The largest absolute Gasteiger partial charge is 0.511 e. The van der Waals surface area contributed by atoms with Gasteiger partial charge in [-0.05, 0) is 51.9 Å². The highest BCUT2D eigenvalue weighted by Crippen LogP contribution is 2.49. The Hall–Kier alpha value is 0.447. The Morgan fingerprint density at radius 2 is 1.58 bits per heavy atom. The molecular weight excluding hydrogens is 276 g/mol. The molecule has 2 aliphatic carbocycles. The summed E-state index contributed by atoms with van der Waals surface area (Å²) >= 11 is 2.06. The summed E-state index contributed by atoms with van der Waals surface area (Å²) in [4.78, 5) is 0. The van der Waals surface area contributed by atoms with Crippen LogP contribution in [-0.4, -0.2) is 39.3 Å². The maximum atomic E-state index is 5.92. The first-order valence-electron chi connectivity index (χ1n) is 7.76. The Bertz CT molecular complexity index is 260. The van der Waals surface area contributed by atoms with Crippen molar-refractivity contribution >= 4 is 20.6 Å². The molecule has 2 fully saturated rings. The van der Waals surface area contributed by atoms with Gasteiger partial charge in [-0.1, -0.05) is 6.42 Å². The molecule has 2 aliphatic rings. The highest BCUT2D eigenvalue weighted by atomic mass is 32.2. The van der Waals surface area contributed by atoms with Crippen LogP contribution >= 0.6 is 11.8 Å². The van der Waals surface area contributed by atoms with Gasteiger partial charge in [-0.15, -0.1) is 0 Å². The summed E-state index contributed by atoms with van der Waals surface area (Å²) in [5.74, 6) is 1.96. The predicted octanol–water partition coefficient (Wildman–Crippen LogP) is 3.50. The third-order valence-electron chi connectivity index (χ3n) is 4.24. The predicted molar refractivity (Wildman–Crippen MR) is 82.3 cm³/mol. The quantitative estimate of drug-likeness (QED) is 0.609. The average molecular weight is 305 g/mol. The van der Waals surface area contributed by atoms with Crippen molar-refractivity contribution in [3.63, 3.8) is 0 Å². The van der Waals surface area contributed by atoms with Crippen molar-refractivity contribution in [3.05, 3.63) is 0 Å². The first-order chi connectivity index (χ1) is 9.23. The fourth-order valence-corrected chi connectivity index (χ4v) is 8.68. The van der Waals surface area contributed by atoms with Crippen molar-refractivity contribution in [3.8, 4) is 0 Å². The Balaban J connectivity index is 1.87. The molecule has 0 spiro atoms. The Kier molecular flexibility index (Phi) is 6.21. The number of fused-ring (bicyclic) bond motifs is 2. The number of hydrogen-bond acceptors (Lipinski definition) is 4. The van der Waals surface area contributed by atoms with Gasteiger partial charge in [-0.3, -0.25) is 0 Å². The van der Waals surface area contributed by atoms with E-state index in [4.69, 9.17) is 13.3 Å². The molecule has 3 nitrogen and oxygen atoms in total. The van der Waals surface area contributed by atoms with E-state index in [2.05, 4.69) is 11.8 Å². The molecule has 2 saturated carbocycles. The maximum Gasteiger partial charge on any atom is 0.511 e. The molecule has 5 heteroatoms. The molecular formula is C14H28O3SSi. The second-order valence-electron chi connectivity index (χ2n) is 5.51. The summed E-state index contributed by atoms with van der Waals surface area (Å²) in [5.41, 5.74) is 0. The molecule has 0 aromatic heterocycles. The van der Waals surface area contributed by atoms with Crippen molar-refractivity contribution in [2.45, 2.75) is 51.7 Å². The lowest BCUT2D eigenvalue weighted by molar-refractivity contribution is 0.0772. The zero-order chi connectivity index (χ0) is 13.7. The van der Waals surface area contributed by atoms with Gasteiger partial charge in [0.1, 0.15) is 0 Å². The molecule has 19 heavy (non-hydrogen) atoms. The van der Waals surface area contributed by atoms with Gasteiger partial charge < -0.3 is 13.3 Å².